The summed E-state index contributed by atoms with van der Waals surface area (Å²) in [4.78, 5) is 49.8. The number of ether oxygens (including phenoxy) is 2. The lowest BCUT2D eigenvalue weighted by atomic mass is 10.2. The van der Waals surface area contributed by atoms with E-state index in [9.17, 15) is 19.2 Å². The molecule has 0 bridgehead atoms. The first-order chi connectivity index (χ1) is 11.9. The Labute approximate surface area is 144 Å². The van der Waals surface area contributed by atoms with Gasteiger partial charge in [-0.3, -0.25) is 4.79 Å². The molecule has 1 saturated heterocycles. The number of anilines is 1. The molecule has 0 atom stereocenters. The molecule has 8 nitrogen and oxygen atoms in total. The number of nitrogens with zero attached hydrogens (tertiary/aromatic N) is 1. The lowest BCUT2D eigenvalue weighted by Gasteiger charge is -2.12. The third-order valence-corrected chi connectivity index (χ3v) is 3.35. The van der Waals surface area contributed by atoms with Crippen LogP contribution in [-0.2, 0) is 23.9 Å². The first-order valence-electron chi connectivity index (χ1n) is 7.71. The second-order valence-corrected chi connectivity index (χ2v) is 5.10. The van der Waals surface area contributed by atoms with Gasteiger partial charge in [-0.1, -0.05) is 17.7 Å². The second kappa shape index (κ2) is 7.61. The van der Waals surface area contributed by atoms with E-state index in [-0.39, 0.29) is 13.2 Å². The highest BCUT2D eigenvalue weighted by molar-refractivity contribution is 6.31. The van der Waals surface area contributed by atoms with Gasteiger partial charge in [0.2, 0.25) is 0 Å². The quantitative estimate of drug-likeness (QED) is 0.284. The second-order valence-electron chi connectivity index (χ2n) is 5.10. The van der Waals surface area contributed by atoms with Gasteiger partial charge in [-0.05, 0) is 32.9 Å². The number of nitrogens with one attached hydrogen (secondary N) is 1. The smallest absolute Gasteiger partial charge is 0.347 e. The van der Waals surface area contributed by atoms with Crippen LogP contribution in [0.25, 0.3) is 0 Å². The Morgan fingerprint density at radius 3 is 2.00 bits per heavy atom. The number of imide groups is 1. The number of carbonyl (C=O) groups is 4. The molecule has 8 heteroatoms. The monoisotopic (exact) mass is 346 g/mol. The third kappa shape index (κ3) is 3.68. The van der Waals surface area contributed by atoms with Crippen molar-refractivity contribution in [3.8, 4) is 0 Å². The standard InChI is InChI=1S/C17H18N2O6/c1-4-24-15(21)12(16(22)25-5-2)13-14(20)19(17(23)18-13)11-8-6-10(3)7-9-11/h6-9H,4-5H2,1-3H3,(H,18,23). The van der Waals surface area contributed by atoms with Crippen LogP contribution >= 0.6 is 0 Å². The van der Waals surface area contributed by atoms with Crippen molar-refractivity contribution < 1.29 is 28.7 Å². The third-order valence-electron chi connectivity index (χ3n) is 3.35. The first kappa shape index (κ1) is 18.2. The van der Waals surface area contributed by atoms with Gasteiger partial charge in [0.25, 0.3) is 5.91 Å². The largest absolute Gasteiger partial charge is 0.462 e. The summed E-state index contributed by atoms with van der Waals surface area (Å²) in [6.07, 6.45) is 0. The minimum absolute atomic E-state index is 0.00116. The normalized spacial score (nSPS) is 13.6. The lowest BCUT2D eigenvalue weighted by Crippen LogP contribution is -2.30. The van der Waals surface area contributed by atoms with Gasteiger partial charge in [-0.25, -0.2) is 19.3 Å². The summed E-state index contributed by atoms with van der Waals surface area (Å²) in [5, 5.41) is 2.26. The average molecular weight is 346 g/mol. The van der Waals surface area contributed by atoms with Crippen molar-refractivity contribution >= 4 is 29.6 Å². The van der Waals surface area contributed by atoms with Gasteiger partial charge in [0, 0.05) is 0 Å². The molecule has 0 unspecified atom stereocenters. The molecule has 0 aromatic heterocycles. The molecule has 1 N–H and O–H groups in total. The number of urea groups is 1. The maximum Gasteiger partial charge on any atom is 0.347 e. The maximum absolute atomic E-state index is 12.6. The van der Waals surface area contributed by atoms with Gasteiger partial charge in [0.1, 0.15) is 5.70 Å². The van der Waals surface area contributed by atoms with E-state index in [1.165, 1.54) is 0 Å². The fraction of sp³-hybridized carbons (Fsp3) is 0.294. The molecule has 0 aliphatic carbocycles. The van der Waals surface area contributed by atoms with E-state index in [0.29, 0.717) is 5.69 Å². The van der Waals surface area contributed by atoms with E-state index in [0.717, 1.165) is 10.5 Å². The van der Waals surface area contributed by atoms with E-state index in [4.69, 9.17) is 9.47 Å². The Morgan fingerprint density at radius 1 is 1.00 bits per heavy atom. The Morgan fingerprint density at radius 2 is 1.52 bits per heavy atom. The van der Waals surface area contributed by atoms with Gasteiger partial charge >= 0.3 is 18.0 Å². The fourth-order valence-electron chi connectivity index (χ4n) is 2.21. The summed E-state index contributed by atoms with van der Waals surface area (Å²) >= 11 is 0. The molecule has 1 aliphatic heterocycles. The fourth-order valence-corrected chi connectivity index (χ4v) is 2.21. The van der Waals surface area contributed by atoms with Crippen LogP contribution in [0.5, 0.6) is 0 Å². The summed E-state index contributed by atoms with van der Waals surface area (Å²) in [5.74, 6) is -2.89. The van der Waals surface area contributed by atoms with Crippen LogP contribution in [0.2, 0.25) is 0 Å². The molecule has 1 fully saturated rings. The van der Waals surface area contributed by atoms with Crippen molar-refractivity contribution in [1.29, 1.82) is 0 Å². The van der Waals surface area contributed by atoms with Crippen LogP contribution in [0, 0.1) is 6.92 Å². The van der Waals surface area contributed by atoms with Crippen molar-refractivity contribution in [3.63, 3.8) is 0 Å². The molecule has 132 valence electrons. The lowest BCUT2D eigenvalue weighted by molar-refractivity contribution is -0.147. The van der Waals surface area contributed by atoms with E-state index in [1.54, 1.807) is 38.1 Å². The van der Waals surface area contributed by atoms with Gasteiger partial charge in [-0.15, -0.1) is 0 Å². The summed E-state index contributed by atoms with van der Waals surface area (Å²) in [7, 11) is 0. The van der Waals surface area contributed by atoms with Crippen molar-refractivity contribution in [3.05, 3.63) is 41.1 Å². The predicted molar refractivity (Wildman–Crippen MR) is 87.5 cm³/mol. The number of carbonyl (C=O) groups excluding carboxylic acids is 4. The van der Waals surface area contributed by atoms with Crippen molar-refractivity contribution in [2.24, 2.45) is 0 Å². The minimum Gasteiger partial charge on any atom is -0.462 e. The number of aryl methyl sites for hydroxylation is 1. The number of amides is 3. The van der Waals surface area contributed by atoms with Gasteiger partial charge < -0.3 is 14.8 Å². The van der Waals surface area contributed by atoms with Crippen molar-refractivity contribution in [2.45, 2.75) is 20.8 Å². The van der Waals surface area contributed by atoms with Crippen LogP contribution in [0.1, 0.15) is 19.4 Å². The van der Waals surface area contributed by atoms with Crippen molar-refractivity contribution in [1.82, 2.24) is 5.32 Å². The SMILES string of the molecule is CCOC(=O)C(C(=O)OCC)=C1NC(=O)N(c2ccc(C)cc2)C1=O. The molecular formula is C17H18N2O6. The molecule has 1 heterocycles. The Kier molecular flexibility index (Phi) is 5.53. The topological polar surface area (TPSA) is 102 Å². The molecule has 3 amide bonds. The van der Waals surface area contributed by atoms with Crippen LogP contribution in [-0.4, -0.2) is 37.1 Å². The Balaban J connectivity index is 2.47. The zero-order valence-corrected chi connectivity index (χ0v) is 14.1. The van der Waals surface area contributed by atoms with Crippen LogP contribution in [0.4, 0.5) is 10.5 Å². The number of hydrogen-bond donors (Lipinski definition) is 1. The number of benzene rings is 1. The van der Waals surface area contributed by atoms with Gasteiger partial charge in [0.05, 0.1) is 18.9 Å². The number of hydrogen-bond acceptors (Lipinski definition) is 6. The number of esters is 2. The van der Waals surface area contributed by atoms with Crippen LogP contribution < -0.4 is 10.2 Å². The first-order valence-corrected chi connectivity index (χ1v) is 7.71. The maximum atomic E-state index is 12.6. The van der Waals surface area contributed by atoms with Crippen molar-refractivity contribution in [2.75, 3.05) is 18.1 Å². The van der Waals surface area contributed by atoms with E-state index < -0.39 is 35.1 Å². The molecule has 2 rings (SSSR count). The molecule has 0 radical (unpaired) electrons. The van der Waals surface area contributed by atoms with E-state index in [2.05, 4.69) is 5.32 Å². The number of rotatable bonds is 5. The molecule has 1 aliphatic rings. The molecule has 25 heavy (non-hydrogen) atoms. The van der Waals surface area contributed by atoms with Gasteiger partial charge in [-0.2, -0.15) is 0 Å². The highest BCUT2D eigenvalue weighted by Gasteiger charge is 2.41. The van der Waals surface area contributed by atoms with Crippen LogP contribution in [0.15, 0.2) is 35.5 Å². The van der Waals surface area contributed by atoms with Gasteiger partial charge in [0.15, 0.2) is 5.57 Å². The Bertz CT molecular complexity index is 731. The van der Waals surface area contributed by atoms with E-state index in [1.807, 2.05) is 6.92 Å². The summed E-state index contributed by atoms with van der Waals surface area (Å²) < 4.78 is 9.61. The zero-order valence-electron chi connectivity index (χ0n) is 14.1. The van der Waals surface area contributed by atoms with E-state index >= 15 is 0 Å². The molecule has 1 aromatic carbocycles. The molecular weight excluding hydrogens is 328 g/mol. The highest BCUT2D eigenvalue weighted by atomic mass is 16.6. The Hall–Kier alpha value is -3.16. The predicted octanol–water partition coefficient (Wildman–Crippen LogP) is 1.43. The summed E-state index contributed by atoms with van der Waals surface area (Å²) in [6, 6.07) is 5.87. The summed E-state index contributed by atoms with van der Waals surface area (Å²) in [6.45, 7) is 4.97. The molecule has 0 spiro atoms. The molecule has 1 aromatic rings. The highest BCUT2D eigenvalue weighted by Crippen LogP contribution is 2.24. The molecule has 0 saturated carbocycles. The van der Waals surface area contributed by atoms with Crippen LogP contribution in [0.3, 0.4) is 0 Å². The minimum atomic E-state index is -1.03. The zero-order chi connectivity index (χ0) is 18.6. The summed E-state index contributed by atoms with van der Waals surface area (Å²) in [5.41, 5.74) is 0.180. The average Bonchev–Trinajstić information content (AvgIpc) is 2.84.